The molecule has 166 valence electrons. The smallest absolute Gasteiger partial charge is 0.225 e. The summed E-state index contributed by atoms with van der Waals surface area (Å²) in [5, 5.41) is 2.74. The number of hydrogen-bond donors (Lipinski definition) is 1. The van der Waals surface area contributed by atoms with Crippen molar-refractivity contribution in [3.63, 3.8) is 0 Å². The number of aryl methyl sites for hydroxylation is 1. The van der Waals surface area contributed by atoms with E-state index in [1.165, 1.54) is 51.3 Å². The van der Waals surface area contributed by atoms with Gasteiger partial charge in [0.2, 0.25) is 5.91 Å². The second kappa shape index (κ2) is 18.0. The van der Waals surface area contributed by atoms with Crippen molar-refractivity contribution in [3.05, 3.63) is 12.7 Å². The summed E-state index contributed by atoms with van der Waals surface area (Å²) in [6.07, 6.45) is 14.1. The summed E-state index contributed by atoms with van der Waals surface area (Å²) in [5.74, 6) is 0.348. The van der Waals surface area contributed by atoms with Gasteiger partial charge in [0.05, 0.1) is 6.33 Å². The summed E-state index contributed by atoms with van der Waals surface area (Å²) >= 11 is 0. The van der Waals surface area contributed by atoms with Gasteiger partial charge in [-0.05, 0) is 6.42 Å². The molecule has 2 rings (SSSR count). The number of amides is 1. The number of imidazole rings is 1. The van der Waals surface area contributed by atoms with Gasteiger partial charge < -0.3 is 14.6 Å². The van der Waals surface area contributed by atoms with Crippen molar-refractivity contribution < 1.29 is 9.53 Å². The second-order valence-corrected chi connectivity index (χ2v) is 6.66. The van der Waals surface area contributed by atoms with Crippen LogP contribution < -0.4 is 5.32 Å². The summed E-state index contributed by atoms with van der Waals surface area (Å²) in [5.41, 5.74) is 1.29. The molecule has 0 saturated carbocycles. The highest BCUT2D eigenvalue weighted by Gasteiger charge is 2.10. The highest BCUT2D eigenvalue weighted by Crippen LogP contribution is 2.16. The van der Waals surface area contributed by atoms with E-state index in [0.29, 0.717) is 36.4 Å². The van der Waals surface area contributed by atoms with Crippen LogP contribution in [0.2, 0.25) is 0 Å². The molecule has 0 aliphatic heterocycles. The van der Waals surface area contributed by atoms with Gasteiger partial charge >= 0.3 is 0 Å². The fourth-order valence-electron chi connectivity index (χ4n) is 2.64. The standard InChI is InChI=1S/C11H15N5O2.C9H20.C2H6/c1-16-7-14-9-10(12-6-13-11(9)16)15-8(17)4-3-5-18-2;1-3-5-7-9-8-6-4-2;1-2/h6-7H,3-5H2,1-2H3,(H,12,13,15,17);3-9H2,1-2H3;1-2H3. The molecule has 2 heterocycles. The van der Waals surface area contributed by atoms with Crippen LogP contribution in [0.3, 0.4) is 0 Å². The van der Waals surface area contributed by atoms with Crippen molar-refractivity contribution in [1.29, 1.82) is 0 Å². The van der Waals surface area contributed by atoms with Crippen molar-refractivity contribution in [3.8, 4) is 0 Å². The first kappa shape index (κ1) is 27.0. The lowest BCUT2D eigenvalue weighted by molar-refractivity contribution is -0.116. The largest absolute Gasteiger partial charge is 0.385 e. The Bertz CT molecular complexity index is 652. The lowest BCUT2D eigenvalue weighted by Crippen LogP contribution is -2.13. The maximum atomic E-state index is 11.7. The zero-order valence-electron chi connectivity index (χ0n) is 19.3. The number of carbonyl (C=O) groups excluding carboxylic acids is 1. The molecule has 0 aromatic carbocycles. The molecule has 7 nitrogen and oxygen atoms in total. The van der Waals surface area contributed by atoms with Gasteiger partial charge in [0, 0.05) is 27.2 Å². The SMILES string of the molecule is CC.CCCCCCCCC.COCCCC(=O)Nc1ncnc2c1ncn2C. The third-order valence-corrected chi connectivity index (χ3v) is 4.21. The minimum atomic E-state index is -0.0993. The van der Waals surface area contributed by atoms with Gasteiger partial charge in [-0.1, -0.05) is 72.6 Å². The fourth-order valence-corrected chi connectivity index (χ4v) is 2.64. The molecule has 0 unspecified atom stereocenters. The van der Waals surface area contributed by atoms with Gasteiger partial charge in [0.25, 0.3) is 0 Å². The number of fused-ring (bicyclic) bond motifs is 1. The van der Waals surface area contributed by atoms with Crippen LogP contribution in [0, 0.1) is 0 Å². The minimum Gasteiger partial charge on any atom is -0.385 e. The topological polar surface area (TPSA) is 81.9 Å². The van der Waals surface area contributed by atoms with Crippen molar-refractivity contribution in [1.82, 2.24) is 19.5 Å². The Morgan fingerprint density at radius 1 is 1.00 bits per heavy atom. The minimum absolute atomic E-state index is 0.0993. The quantitative estimate of drug-likeness (QED) is 0.497. The first-order valence-electron chi connectivity index (χ1n) is 11.0. The molecule has 0 fully saturated rings. The fraction of sp³-hybridized carbons (Fsp3) is 0.727. The van der Waals surface area contributed by atoms with Gasteiger partial charge in [-0.2, -0.15) is 0 Å². The Hall–Kier alpha value is -2.02. The first-order chi connectivity index (χ1) is 14.1. The van der Waals surface area contributed by atoms with Gasteiger partial charge in [-0.25, -0.2) is 15.0 Å². The van der Waals surface area contributed by atoms with E-state index in [1.54, 1.807) is 18.0 Å². The summed E-state index contributed by atoms with van der Waals surface area (Å²) < 4.78 is 6.67. The molecule has 0 atom stereocenters. The number of hydrogen-bond acceptors (Lipinski definition) is 5. The van der Waals surface area contributed by atoms with E-state index in [9.17, 15) is 4.79 Å². The van der Waals surface area contributed by atoms with Gasteiger partial charge in [-0.3, -0.25) is 4.79 Å². The van der Waals surface area contributed by atoms with Gasteiger partial charge in [-0.15, -0.1) is 0 Å². The maximum absolute atomic E-state index is 11.7. The molecule has 0 bridgehead atoms. The number of ether oxygens (including phenoxy) is 1. The number of nitrogens with zero attached hydrogens (tertiary/aromatic N) is 4. The predicted molar refractivity (Wildman–Crippen MR) is 121 cm³/mol. The molecule has 0 saturated heterocycles. The number of carbonyl (C=O) groups is 1. The van der Waals surface area contributed by atoms with Crippen LogP contribution in [0.1, 0.15) is 85.5 Å². The van der Waals surface area contributed by atoms with Crippen LogP contribution in [0.15, 0.2) is 12.7 Å². The van der Waals surface area contributed by atoms with Crippen molar-refractivity contribution in [2.75, 3.05) is 19.0 Å². The normalized spacial score (nSPS) is 10.0. The molecule has 29 heavy (non-hydrogen) atoms. The number of anilines is 1. The van der Waals surface area contributed by atoms with Crippen molar-refractivity contribution in [2.24, 2.45) is 7.05 Å². The van der Waals surface area contributed by atoms with E-state index in [4.69, 9.17) is 4.74 Å². The van der Waals surface area contributed by atoms with Crippen LogP contribution in [0.4, 0.5) is 5.82 Å². The second-order valence-electron chi connectivity index (χ2n) is 6.66. The molecular weight excluding hydrogens is 366 g/mol. The average molecular weight is 408 g/mol. The first-order valence-corrected chi connectivity index (χ1v) is 11.0. The van der Waals surface area contributed by atoms with Crippen LogP contribution >= 0.6 is 0 Å². The monoisotopic (exact) mass is 407 g/mol. The third-order valence-electron chi connectivity index (χ3n) is 4.21. The van der Waals surface area contributed by atoms with Gasteiger partial charge in [0.15, 0.2) is 17.0 Å². The molecule has 1 N–H and O–H groups in total. The third kappa shape index (κ3) is 11.5. The van der Waals surface area contributed by atoms with Crippen LogP contribution in [0.5, 0.6) is 0 Å². The van der Waals surface area contributed by atoms with Crippen molar-refractivity contribution >= 4 is 22.9 Å². The average Bonchev–Trinajstić information content (AvgIpc) is 3.12. The lowest BCUT2D eigenvalue weighted by Gasteiger charge is -2.04. The lowest BCUT2D eigenvalue weighted by atomic mass is 10.1. The Balaban J connectivity index is 0.000000606. The Morgan fingerprint density at radius 2 is 1.62 bits per heavy atom. The highest BCUT2D eigenvalue weighted by atomic mass is 16.5. The van der Waals surface area contributed by atoms with E-state index >= 15 is 0 Å². The zero-order valence-corrected chi connectivity index (χ0v) is 19.3. The molecule has 0 aliphatic rings. The van der Waals surface area contributed by atoms with Crippen LogP contribution in [-0.2, 0) is 16.6 Å². The molecule has 7 heteroatoms. The summed E-state index contributed by atoms with van der Waals surface area (Å²) in [6.45, 7) is 9.09. The number of methoxy groups -OCH3 is 1. The summed E-state index contributed by atoms with van der Waals surface area (Å²) in [4.78, 5) is 24.0. The Labute approximate surface area is 176 Å². The molecule has 1 amide bonds. The molecular formula is C22H41N5O2. The molecule has 0 aliphatic carbocycles. The number of unbranched alkanes of at least 4 members (excludes halogenated alkanes) is 6. The molecule has 0 radical (unpaired) electrons. The Morgan fingerprint density at radius 3 is 2.21 bits per heavy atom. The van der Waals surface area contributed by atoms with Crippen LogP contribution in [0.25, 0.3) is 11.2 Å². The van der Waals surface area contributed by atoms with Gasteiger partial charge in [0.1, 0.15) is 6.33 Å². The van der Waals surface area contributed by atoms with Crippen LogP contribution in [-0.4, -0.2) is 39.1 Å². The highest BCUT2D eigenvalue weighted by molar-refractivity contribution is 5.96. The van der Waals surface area contributed by atoms with E-state index in [-0.39, 0.29) is 5.91 Å². The number of aromatic nitrogens is 4. The number of nitrogens with one attached hydrogen (secondary N) is 1. The number of rotatable bonds is 11. The molecule has 2 aromatic rings. The predicted octanol–water partition coefficient (Wildman–Crippen LogP) is 5.51. The maximum Gasteiger partial charge on any atom is 0.225 e. The summed E-state index contributed by atoms with van der Waals surface area (Å²) in [7, 11) is 3.45. The summed E-state index contributed by atoms with van der Waals surface area (Å²) in [6, 6.07) is 0. The molecule has 0 spiro atoms. The zero-order chi connectivity index (χ0) is 21.9. The van der Waals surface area contributed by atoms with E-state index in [0.717, 1.165) is 0 Å². The van der Waals surface area contributed by atoms with E-state index in [1.807, 2.05) is 20.9 Å². The van der Waals surface area contributed by atoms with Crippen molar-refractivity contribution in [2.45, 2.75) is 85.5 Å². The van der Waals surface area contributed by atoms with E-state index < -0.39 is 0 Å². The molecule has 2 aromatic heterocycles. The Kier molecular flexibility index (Phi) is 16.8. The van der Waals surface area contributed by atoms with E-state index in [2.05, 4.69) is 34.1 Å².